The van der Waals surface area contributed by atoms with Gasteiger partial charge in [0.1, 0.15) is 5.75 Å². The Morgan fingerprint density at radius 1 is 1.13 bits per heavy atom. The Bertz CT molecular complexity index is 684. The number of carbonyl (C=O) groups is 2. The number of ether oxygens (including phenoxy) is 1. The Morgan fingerprint density at radius 2 is 1.87 bits per heavy atom. The van der Waals surface area contributed by atoms with Gasteiger partial charge in [0, 0.05) is 17.8 Å². The number of primary amides is 1. The van der Waals surface area contributed by atoms with Crippen LogP contribution in [0.25, 0.3) is 0 Å². The number of nitrogens with two attached hydrogens (primary N) is 1. The quantitative estimate of drug-likeness (QED) is 0.763. The SMILES string of the molecule is COc1ccc(CCNC(=O)c2cccc(NC(N)=O)c2)cc1. The molecule has 2 rings (SSSR count). The maximum Gasteiger partial charge on any atom is 0.316 e. The van der Waals surface area contributed by atoms with Crippen LogP contribution in [0.5, 0.6) is 5.75 Å². The lowest BCUT2D eigenvalue weighted by atomic mass is 10.1. The minimum Gasteiger partial charge on any atom is -0.497 e. The molecule has 0 radical (unpaired) electrons. The lowest BCUT2D eigenvalue weighted by Crippen LogP contribution is -2.26. The van der Waals surface area contributed by atoms with Gasteiger partial charge in [-0.05, 0) is 42.3 Å². The second-order valence-corrected chi connectivity index (χ2v) is 4.92. The number of urea groups is 1. The minimum absolute atomic E-state index is 0.202. The zero-order valence-corrected chi connectivity index (χ0v) is 12.8. The number of nitrogens with one attached hydrogen (secondary N) is 2. The van der Waals surface area contributed by atoms with Gasteiger partial charge in [-0.1, -0.05) is 18.2 Å². The summed E-state index contributed by atoms with van der Waals surface area (Å²) in [5, 5.41) is 5.28. The van der Waals surface area contributed by atoms with Crippen LogP contribution in [0.15, 0.2) is 48.5 Å². The summed E-state index contributed by atoms with van der Waals surface area (Å²) in [4.78, 5) is 22.9. The fourth-order valence-corrected chi connectivity index (χ4v) is 2.10. The molecule has 0 bridgehead atoms. The van der Waals surface area contributed by atoms with E-state index >= 15 is 0 Å². The van der Waals surface area contributed by atoms with Crippen LogP contribution in [-0.2, 0) is 6.42 Å². The van der Waals surface area contributed by atoms with Gasteiger partial charge < -0.3 is 21.1 Å². The highest BCUT2D eigenvalue weighted by Crippen LogP contribution is 2.12. The van der Waals surface area contributed by atoms with E-state index < -0.39 is 6.03 Å². The van der Waals surface area contributed by atoms with E-state index in [1.54, 1.807) is 31.4 Å². The van der Waals surface area contributed by atoms with Crippen LogP contribution in [-0.4, -0.2) is 25.6 Å². The van der Waals surface area contributed by atoms with Gasteiger partial charge in [0.25, 0.3) is 5.91 Å². The van der Waals surface area contributed by atoms with Crippen LogP contribution in [0.4, 0.5) is 10.5 Å². The number of carbonyl (C=O) groups excluding carboxylic acids is 2. The number of methoxy groups -OCH3 is 1. The molecule has 0 aliphatic rings. The molecule has 2 aromatic rings. The lowest BCUT2D eigenvalue weighted by molar-refractivity contribution is 0.0954. The van der Waals surface area contributed by atoms with Gasteiger partial charge in [-0.25, -0.2) is 4.79 Å². The number of rotatable bonds is 6. The van der Waals surface area contributed by atoms with Crippen LogP contribution in [0.3, 0.4) is 0 Å². The third kappa shape index (κ3) is 5.03. The predicted octanol–water partition coefficient (Wildman–Crippen LogP) is 2.16. The monoisotopic (exact) mass is 313 g/mol. The fourth-order valence-electron chi connectivity index (χ4n) is 2.10. The molecule has 0 aliphatic carbocycles. The molecule has 2 aromatic carbocycles. The standard InChI is InChI=1S/C17H19N3O3/c1-23-15-7-5-12(6-8-15)9-10-19-16(21)13-3-2-4-14(11-13)20-17(18)22/h2-8,11H,9-10H2,1H3,(H,19,21)(H3,18,20,22). The molecule has 0 atom stereocenters. The molecular weight excluding hydrogens is 294 g/mol. The van der Waals surface area contributed by atoms with Gasteiger partial charge in [0.15, 0.2) is 0 Å². The third-order valence-corrected chi connectivity index (χ3v) is 3.25. The minimum atomic E-state index is -0.665. The van der Waals surface area contributed by atoms with E-state index in [1.807, 2.05) is 24.3 Å². The second kappa shape index (κ2) is 7.84. The van der Waals surface area contributed by atoms with E-state index in [1.165, 1.54) is 0 Å². The van der Waals surface area contributed by atoms with Crippen molar-refractivity contribution < 1.29 is 14.3 Å². The Balaban J connectivity index is 1.87. The first kappa shape index (κ1) is 16.4. The van der Waals surface area contributed by atoms with Gasteiger partial charge in [-0.3, -0.25) is 4.79 Å². The van der Waals surface area contributed by atoms with Crippen molar-refractivity contribution in [1.82, 2.24) is 5.32 Å². The topological polar surface area (TPSA) is 93.4 Å². The smallest absolute Gasteiger partial charge is 0.316 e. The zero-order valence-electron chi connectivity index (χ0n) is 12.8. The number of hydrogen-bond donors (Lipinski definition) is 3. The molecule has 0 spiro atoms. The molecule has 0 heterocycles. The van der Waals surface area contributed by atoms with Crippen LogP contribution >= 0.6 is 0 Å². The first-order valence-corrected chi connectivity index (χ1v) is 7.16. The highest BCUT2D eigenvalue weighted by atomic mass is 16.5. The largest absolute Gasteiger partial charge is 0.497 e. The van der Waals surface area contributed by atoms with Crippen molar-refractivity contribution in [2.24, 2.45) is 5.73 Å². The molecule has 0 aliphatic heterocycles. The maximum absolute atomic E-state index is 12.1. The fraction of sp³-hybridized carbons (Fsp3) is 0.176. The Kier molecular flexibility index (Phi) is 5.57. The number of amides is 3. The van der Waals surface area contributed by atoms with Gasteiger partial charge in [-0.2, -0.15) is 0 Å². The van der Waals surface area contributed by atoms with E-state index in [4.69, 9.17) is 10.5 Å². The van der Waals surface area contributed by atoms with E-state index in [0.717, 1.165) is 17.7 Å². The Labute approximate surface area is 134 Å². The molecule has 6 heteroatoms. The highest BCUT2D eigenvalue weighted by Gasteiger charge is 2.06. The highest BCUT2D eigenvalue weighted by molar-refractivity contribution is 5.96. The lowest BCUT2D eigenvalue weighted by Gasteiger charge is -2.08. The van der Waals surface area contributed by atoms with Gasteiger partial charge in [-0.15, -0.1) is 0 Å². The van der Waals surface area contributed by atoms with Crippen molar-refractivity contribution in [3.8, 4) is 5.75 Å². The summed E-state index contributed by atoms with van der Waals surface area (Å²) < 4.78 is 5.10. The van der Waals surface area contributed by atoms with Crippen LogP contribution in [0.2, 0.25) is 0 Å². The van der Waals surface area contributed by atoms with Crippen molar-refractivity contribution >= 4 is 17.6 Å². The molecule has 0 saturated carbocycles. The van der Waals surface area contributed by atoms with E-state index in [0.29, 0.717) is 17.8 Å². The van der Waals surface area contributed by atoms with Crippen LogP contribution in [0, 0.1) is 0 Å². The summed E-state index contributed by atoms with van der Waals surface area (Å²) in [7, 11) is 1.62. The second-order valence-electron chi connectivity index (χ2n) is 4.92. The molecule has 23 heavy (non-hydrogen) atoms. The van der Waals surface area contributed by atoms with E-state index in [-0.39, 0.29) is 5.91 Å². The van der Waals surface area contributed by atoms with E-state index in [9.17, 15) is 9.59 Å². The number of anilines is 1. The number of benzene rings is 2. The predicted molar refractivity (Wildman–Crippen MR) is 88.7 cm³/mol. The molecule has 6 nitrogen and oxygen atoms in total. The Hall–Kier alpha value is -3.02. The molecule has 120 valence electrons. The summed E-state index contributed by atoms with van der Waals surface area (Å²) in [5.74, 6) is 0.600. The van der Waals surface area contributed by atoms with Crippen LogP contribution in [0.1, 0.15) is 15.9 Å². The summed E-state index contributed by atoms with van der Waals surface area (Å²) in [6.45, 7) is 0.513. The molecule has 0 unspecified atom stereocenters. The van der Waals surface area contributed by atoms with Crippen molar-refractivity contribution in [2.75, 3.05) is 19.0 Å². The van der Waals surface area contributed by atoms with Crippen molar-refractivity contribution in [1.29, 1.82) is 0 Å². The summed E-state index contributed by atoms with van der Waals surface area (Å²) in [5.41, 5.74) is 7.11. The normalized spacial score (nSPS) is 9.96. The molecule has 0 saturated heterocycles. The average Bonchev–Trinajstić information content (AvgIpc) is 2.55. The number of hydrogen-bond acceptors (Lipinski definition) is 3. The average molecular weight is 313 g/mol. The van der Waals surface area contributed by atoms with Gasteiger partial charge in [0.2, 0.25) is 0 Å². The van der Waals surface area contributed by atoms with Crippen molar-refractivity contribution in [2.45, 2.75) is 6.42 Å². The summed E-state index contributed by atoms with van der Waals surface area (Å²) in [6.07, 6.45) is 0.717. The molecule has 4 N–H and O–H groups in total. The molecule has 0 fully saturated rings. The zero-order chi connectivity index (χ0) is 16.7. The first-order valence-electron chi connectivity index (χ1n) is 7.16. The molecule has 3 amide bonds. The molecule has 0 aromatic heterocycles. The van der Waals surface area contributed by atoms with Crippen molar-refractivity contribution in [3.63, 3.8) is 0 Å². The first-order chi connectivity index (χ1) is 11.1. The summed E-state index contributed by atoms with van der Waals surface area (Å²) in [6, 6.07) is 13.6. The van der Waals surface area contributed by atoms with E-state index in [2.05, 4.69) is 10.6 Å². The van der Waals surface area contributed by atoms with Crippen LogP contribution < -0.4 is 21.1 Å². The summed E-state index contributed by atoms with van der Waals surface area (Å²) >= 11 is 0. The molecular formula is C17H19N3O3. The maximum atomic E-state index is 12.1. The van der Waals surface area contributed by atoms with Gasteiger partial charge in [0.05, 0.1) is 7.11 Å². The third-order valence-electron chi connectivity index (χ3n) is 3.25. The van der Waals surface area contributed by atoms with Crippen molar-refractivity contribution in [3.05, 3.63) is 59.7 Å². The van der Waals surface area contributed by atoms with Gasteiger partial charge >= 0.3 is 6.03 Å². The Morgan fingerprint density at radius 3 is 2.52 bits per heavy atom.